The highest BCUT2D eigenvalue weighted by Gasteiger charge is 2.33. The first-order valence-corrected chi connectivity index (χ1v) is 15.6. The maximum atomic E-state index is 13.6. The Bertz CT molecular complexity index is 1450. The normalized spacial score (nSPS) is 15.3. The highest BCUT2D eigenvalue weighted by molar-refractivity contribution is 7.90. The zero-order valence-electron chi connectivity index (χ0n) is 22.7. The summed E-state index contributed by atoms with van der Waals surface area (Å²) in [6.07, 6.45) is 1.62. The molecule has 0 saturated carbocycles. The van der Waals surface area contributed by atoms with Crippen LogP contribution < -0.4 is 10.6 Å². The molecule has 3 amide bonds. The Labute approximate surface area is 243 Å². The van der Waals surface area contributed by atoms with Crippen molar-refractivity contribution in [3.8, 4) is 0 Å². The highest BCUT2D eigenvalue weighted by Crippen LogP contribution is 2.20. The Balaban J connectivity index is 1.56. The predicted octanol–water partition coefficient (Wildman–Crippen LogP) is 3.36. The molecular weight excluding hydrogens is 572 g/mol. The van der Waals surface area contributed by atoms with Crippen molar-refractivity contribution in [1.29, 1.82) is 0 Å². The number of ether oxygens (including phenoxy) is 1. The summed E-state index contributed by atoms with van der Waals surface area (Å²) in [5.74, 6) is -2.63. The molecule has 0 spiro atoms. The number of nitrogens with zero attached hydrogens (tertiary/aromatic N) is 2. The quantitative estimate of drug-likeness (QED) is 0.299. The predicted molar refractivity (Wildman–Crippen MR) is 153 cm³/mol. The molecule has 1 fully saturated rings. The van der Waals surface area contributed by atoms with Gasteiger partial charge in [-0.05, 0) is 30.2 Å². The van der Waals surface area contributed by atoms with Crippen LogP contribution in [-0.4, -0.2) is 80.2 Å². The maximum Gasteiger partial charge on any atom is 0.318 e. The molecule has 1 aliphatic rings. The van der Waals surface area contributed by atoms with Gasteiger partial charge in [0.1, 0.15) is 11.6 Å². The van der Waals surface area contributed by atoms with Crippen molar-refractivity contribution in [3.05, 3.63) is 65.0 Å². The van der Waals surface area contributed by atoms with E-state index in [4.69, 9.17) is 20.8 Å². The van der Waals surface area contributed by atoms with Crippen molar-refractivity contribution in [3.63, 3.8) is 0 Å². The lowest BCUT2D eigenvalue weighted by Crippen LogP contribution is -2.57. The summed E-state index contributed by atoms with van der Waals surface area (Å²) >= 11 is 6.17. The van der Waals surface area contributed by atoms with Gasteiger partial charge in [-0.25, -0.2) is 18.2 Å². The summed E-state index contributed by atoms with van der Waals surface area (Å²) in [6.45, 7) is 3.18. The smallest absolute Gasteiger partial charge is 0.318 e. The van der Waals surface area contributed by atoms with Gasteiger partial charge in [0.2, 0.25) is 11.7 Å². The van der Waals surface area contributed by atoms with E-state index in [1.54, 1.807) is 48.5 Å². The van der Waals surface area contributed by atoms with Crippen LogP contribution in [0.4, 0.5) is 4.79 Å². The number of halogens is 1. The van der Waals surface area contributed by atoms with Gasteiger partial charge in [0.25, 0.3) is 5.89 Å². The molecule has 41 heavy (non-hydrogen) atoms. The van der Waals surface area contributed by atoms with E-state index in [0.717, 1.165) is 6.42 Å². The number of amides is 3. The zero-order valence-corrected chi connectivity index (χ0v) is 24.2. The minimum atomic E-state index is -3.94. The van der Waals surface area contributed by atoms with E-state index in [9.17, 15) is 22.8 Å². The van der Waals surface area contributed by atoms with Gasteiger partial charge in [0.05, 0.1) is 30.8 Å². The molecule has 4 rings (SSSR count). The van der Waals surface area contributed by atoms with E-state index in [2.05, 4.69) is 15.6 Å². The van der Waals surface area contributed by atoms with Gasteiger partial charge in [-0.2, -0.15) is 0 Å². The Hall–Kier alpha value is -3.48. The lowest BCUT2D eigenvalue weighted by Gasteiger charge is -2.29. The van der Waals surface area contributed by atoms with Gasteiger partial charge in [-0.1, -0.05) is 61.7 Å². The van der Waals surface area contributed by atoms with Crippen LogP contribution in [0.1, 0.15) is 42.4 Å². The largest absolute Gasteiger partial charge is 0.434 e. The molecule has 0 radical (unpaired) electrons. The van der Waals surface area contributed by atoms with E-state index in [1.807, 2.05) is 6.92 Å². The minimum absolute atomic E-state index is 0.159. The zero-order chi connectivity index (χ0) is 29.4. The van der Waals surface area contributed by atoms with E-state index < -0.39 is 51.1 Å². The van der Waals surface area contributed by atoms with Gasteiger partial charge in [0.15, 0.2) is 15.4 Å². The minimum Gasteiger partial charge on any atom is -0.434 e. The van der Waals surface area contributed by atoms with Crippen LogP contribution in [0.2, 0.25) is 5.02 Å². The number of sulfone groups is 1. The van der Waals surface area contributed by atoms with Crippen molar-refractivity contribution >= 4 is 50.3 Å². The van der Waals surface area contributed by atoms with Gasteiger partial charge in [-0.3, -0.25) is 9.59 Å². The van der Waals surface area contributed by atoms with Crippen LogP contribution in [0.15, 0.2) is 52.9 Å². The van der Waals surface area contributed by atoms with Crippen LogP contribution in [-0.2, 0) is 25.1 Å². The molecule has 13 heteroatoms. The number of morpholine rings is 1. The second kappa shape index (κ2) is 13.9. The van der Waals surface area contributed by atoms with E-state index >= 15 is 0 Å². The molecule has 220 valence electrons. The molecule has 1 saturated heterocycles. The first kappa shape index (κ1) is 30.5. The first-order chi connectivity index (χ1) is 19.7. The number of ketones is 1. The highest BCUT2D eigenvalue weighted by atomic mass is 35.5. The number of hydrogen-bond donors (Lipinski definition) is 2. The number of nitrogens with one attached hydrogen (secondary N) is 2. The number of aromatic nitrogens is 1. The Morgan fingerprint density at radius 3 is 2.44 bits per heavy atom. The van der Waals surface area contributed by atoms with E-state index in [1.165, 1.54) is 4.90 Å². The average molecular weight is 605 g/mol. The first-order valence-electron chi connectivity index (χ1n) is 13.4. The van der Waals surface area contributed by atoms with Crippen LogP contribution in [0, 0.1) is 0 Å². The van der Waals surface area contributed by atoms with Crippen LogP contribution >= 0.6 is 11.6 Å². The molecule has 1 aromatic heterocycles. The monoisotopic (exact) mass is 604 g/mol. The third kappa shape index (κ3) is 8.27. The van der Waals surface area contributed by atoms with Gasteiger partial charge in [0, 0.05) is 18.1 Å². The van der Waals surface area contributed by atoms with Crippen molar-refractivity contribution in [2.45, 2.75) is 44.0 Å². The SMILES string of the molecule is CCCC[C@H](NC(=O)[C@H](CS(=O)(=O)Cc1ccccc1Cl)NC(=O)N1CCOCC1)C(=O)c1nc2ccccc2o1. The van der Waals surface area contributed by atoms with Crippen molar-refractivity contribution in [2.24, 2.45) is 0 Å². The lowest BCUT2D eigenvalue weighted by atomic mass is 10.0. The number of para-hydroxylation sites is 2. The van der Waals surface area contributed by atoms with Crippen molar-refractivity contribution in [1.82, 2.24) is 20.5 Å². The summed E-state index contributed by atoms with van der Waals surface area (Å²) < 4.78 is 37.3. The Morgan fingerprint density at radius 2 is 1.73 bits per heavy atom. The number of fused-ring (bicyclic) bond motifs is 1. The number of carbonyl (C=O) groups is 3. The fourth-order valence-corrected chi connectivity index (χ4v) is 6.30. The average Bonchev–Trinajstić information content (AvgIpc) is 3.40. The third-order valence-electron chi connectivity index (χ3n) is 6.65. The third-order valence-corrected chi connectivity index (χ3v) is 8.61. The fraction of sp³-hybridized carbons (Fsp3) is 0.429. The molecule has 0 unspecified atom stereocenters. The topological polar surface area (TPSA) is 148 Å². The molecule has 11 nitrogen and oxygen atoms in total. The summed E-state index contributed by atoms with van der Waals surface area (Å²) in [5.41, 5.74) is 1.30. The Morgan fingerprint density at radius 1 is 1.02 bits per heavy atom. The van der Waals surface area contributed by atoms with Gasteiger partial charge in [-0.15, -0.1) is 0 Å². The molecule has 0 bridgehead atoms. The number of urea groups is 1. The molecule has 2 atom stereocenters. The number of unbranched alkanes of at least 4 members (excludes halogenated alkanes) is 1. The summed E-state index contributed by atoms with van der Waals surface area (Å²) in [4.78, 5) is 45.7. The standard InChI is InChI=1S/C28H33ClN4O7S/c1-2-3-10-22(25(34)27-31-21-11-6-7-12-24(21)40-27)30-26(35)23(32-28(36)33-13-15-39-16-14-33)18-41(37,38)17-19-8-4-5-9-20(19)29/h4-9,11-12,22-23H,2-3,10,13-18H2,1H3,(H,30,35)(H,32,36)/t22-,23-/m0/s1. The second-order valence-corrected chi connectivity index (χ2v) is 12.3. The molecule has 2 aromatic carbocycles. The van der Waals surface area contributed by atoms with Gasteiger partial charge >= 0.3 is 6.03 Å². The van der Waals surface area contributed by atoms with Crippen LogP contribution in [0.5, 0.6) is 0 Å². The number of benzene rings is 2. The molecular formula is C28H33ClN4O7S. The summed E-state index contributed by atoms with van der Waals surface area (Å²) in [6, 6.07) is 10.3. The van der Waals surface area contributed by atoms with Crippen molar-refractivity contribution in [2.75, 3.05) is 32.1 Å². The van der Waals surface area contributed by atoms with Gasteiger partial charge < -0.3 is 24.7 Å². The van der Waals surface area contributed by atoms with Crippen LogP contribution in [0.25, 0.3) is 11.1 Å². The fourth-order valence-electron chi connectivity index (χ4n) is 4.43. The molecule has 2 heterocycles. The molecule has 3 aromatic rings. The van der Waals surface area contributed by atoms with E-state index in [-0.39, 0.29) is 17.3 Å². The maximum absolute atomic E-state index is 13.6. The second-order valence-electron chi connectivity index (χ2n) is 9.80. The number of rotatable bonds is 12. The lowest BCUT2D eigenvalue weighted by molar-refractivity contribution is -0.123. The van der Waals surface area contributed by atoms with Crippen LogP contribution in [0.3, 0.4) is 0 Å². The van der Waals surface area contributed by atoms with Crippen molar-refractivity contribution < 1.29 is 32.0 Å². The Kier molecular flexibility index (Phi) is 10.4. The molecule has 0 aliphatic carbocycles. The number of oxazole rings is 1. The van der Waals surface area contributed by atoms with E-state index in [0.29, 0.717) is 49.4 Å². The number of carbonyl (C=O) groups excluding carboxylic acids is 3. The summed E-state index contributed by atoms with van der Waals surface area (Å²) in [7, 11) is -3.94. The number of Topliss-reactive ketones (excluding diaryl/α,β-unsaturated/α-hetero) is 1. The molecule has 1 aliphatic heterocycles. The molecule has 2 N–H and O–H groups in total. The number of hydrogen-bond acceptors (Lipinski definition) is 8. The summed E-state index contributed by atoms with van der Waals surface area (Å²) in [5, 5.41) is 5.50.